The van der Waals surface area contributed by atoms with Crippen molar-refractivity contribution in [2.24, 2.45) is 34.0 Å². The Morgan fingerprint density at radius 3 is 1.94 bits per heavy atom. The lowest BCUT2D eigenvalue weighted by Gasteiger charge is -2.28. The van der Waals surface area contributed by atoms with Crippen LogP contribution >= 0.6 is 0 Å². The molecule has 0 aromatic rings. The summed E-state index contributed by atoms with van der Waals surface area (Å²) >= 11 is 0. The molecule has 0 spiro atoms. The zero-order valence-electron chi connectivity index (χ0n) is 21.3. The summed E-state index contributed by atoms with van der Waals surface area (Å²) in [7, 11) is 0. The number of nitrogens with two attached hydrogens (primary N) is 3. The average molecular weight is 516 g/mol. The molecule has 0 aromatic heterocycles. The van der Waals surface area contributed by atoms with E-state index in [0.29, 0.717) is 12.8 Å². The van der Waals surface area contributed by atoms with Crippen molar-refractivity contribution in [3.63, 3.8) is 0 Å². The summed E-state index contributed by atoms with van der Waals surface area (Å²) in [4.78, 5) is 64.8. The number of nitrogens with one attached hydrogen (secondary N) is 3. The summed E-state index contributed by atoms with van der Waals surface area (Å²) in [5.41, 5.74) is 16.2. The van der Waals surface area contributed by atoms with Crippen molar-refractivity contribution < 1.29 is 34.2 Å². The van der Waals surface area contributed by atoms with Gasteiger partial charge >= 0.3 is 11.9 Å². The van der Waals surface area contributed by atoms with Crippen LogP contribution in [0, 0.1) is 11.8 Å². The minimum Gasteiger partial charge on any atom is -0.481 e. The lowest BCUT2D eigenvalue weighted by atomic mass is 9.96. The maximum absolute atomic E-state index is 13.1. The van der Waals surface area contributed by atoms with Gasteiger partial charge in [0, 0.05) is 6.54 Å². The average Bonchev–Trinajstić information content (AvgIpc) is 2.76. The van der Waals surface area contributed by atoms with E-state index < -0.39 is 60.2 Å². The summed E-state index contributed by atoms with van der Waals surface area (Å²) in [5, 5.41) is 25.8. The van der Waals surface area contributed by atoms with Gasteiger partial charge in [0.15, 0.2) is 5.96 Å². The molecule has 0 unspecified atom stereocenters. The van der Waals surface area contributed by atoms with Crippen LogP contribution in [0.25, 0.3) is 0 Å². The summed E-state index contributed by atoms with van der Waals surface area (Å²) in [6.07, 6.45) is 0.416. The molecular weight excluding hydrogens is 474 g/mol. The van der Waals surface area contributed by atoms with Gasteiger partial charge in [-0.2, -0.15) is 0 Å². The fourth-order valence-corrected chi connectivity index (χ4v) is 3.24. The molecule has 0 fully saturated rings. The highest BCUT2D eigenvalue weighted by Crippen LogP contribution is 2.11. The highest BCUT2D eigenvalue weighted by atomic mass is 16.4. The molecule has 0 heterocycles. The quantitative estimate of drug-likeness (QED) is 0.0630. The zero-order valence-corrected chi connectivity index (χ0v) is 21.3. The Labute approximate surface area is 210 Å². The van der Waals surface area contributed by atoms with E-state index in [2.05, 4.69) is 20.9 Å². The third kappa shape index (κ3) is 12.9. The molecular formula is C22H41N7O7. The summed E-state index contributed by atoms with van der Waals surface area (Å²) in [5.74, 6) is -5.25. The first kappa shape index (κ1) is 32.6. The number of carbonyl (C=O) groups is 5. The fourth-order valence-electron chi connectivity index (χ4n) is 3.24. The SMILES string of the molecule is CC[C@H](C)[C@H](NC(=O)[C@@H](N)CC(=O)O)C(=O)N[C@@H](CCCN=C(N)N)C(=O)N[C@@H](CC(C)C)C(=O)O. The fraction of sp³-hybridized carbons (Fsp3) is 0.727. The highest BCUT2D eigenvalue weighted by Gasteiger charge is 2.32. The van der Waals surface area contributed by atoms with Crippen LogP contribution < -0.4 is 33.2 Å². The second kappa shape index (κ2) is 16.3. The van der Waals surface area contributed by atoms with Crippen LogP contribution in [0.1, 0.15) is 59.8 Å². The third-order valence-corrected chi connectivity index (χ3v) is 5.42. The van der Waals surface area contributed by atoms with E-state index in [0.717, 1.165) is 0 Å². The number of amides is 3. The largest absolute Gasteiger partial charge is 0.481 e. The van der Waals surface area contributed by atoms with Gasteiger partial charge < -0.3 is 43.4 Å². The van der Waals surface area contributed by atoms with Crippen molar-refractivity contribution in [1.82, 2.24) is 16.0 Å². The Morgan fingerprint density at radius 1 is 0.889 bits per heavy atom. The number of carboxylic acid groups (broad SMARTS) is 2. The molecule has 11 N–H and O–H groups in total. The number of hydrogen-bond donors (Lipinski definition) is 8. The second-order valence-electron chi connectivity index (χ2n) is 9.12. The van der Waals surface area contributed by atoms with Crippen molar-refractivity contribution in [3.05, 3.63) is 0 Å². The minimum absolute atomic E-state index is 0.0127. The van der Waals surface area contributed by atoms with E-state index in [4.69, 9.17) is 22.3 Å². The molecule has 0 bridgehead atoms. The Balaban J connectivity index is 5.70. The Morgan fingerprint density at radius 2 is 1.47 bits per heavy atom. The zero-order chi connectivity index (χ0) is 28.0. The first-order valence-corrected chi connectivity index (χ1v) is 11.9. The first-order valence-electron chi connectivity index (χ1n) is 11.9. The van der Waals surface area contributed by atoms with E-state index in [1.165, 1.54) is 0 Å². The molecule has 0 rings (SSSR count). The van der Waals surface area contributed by atoms with Gasteiger partial charge in [-0.15, -0.1) is 0 Å². The predicted molar refractivity (Wildman–Crippen MR) is 132 cm³/mol. The number of nitrogens with zero attached hydrogens (tertiary/aromatic N) is 1. The molecule has 0 aliphatic rings. The molecule has 3 amide bonds. The molecule has 206 valence electrons. The molecule has 5 atom stereocenters. The van der Waals surface area contributed by atoms with Crippen molar-refractivity contribution in [2.45, 2.75) is 84.0 Å². The summed E-state index contributed by atoms with van der Waals surface area (Å²) in [6.45, 7) is 7.28. The molecule has 0 aliphatic carbocycles. The number of guanidine groups is 1. The van der Waals surface area contributed by atoms with Crippen molar-refractivity contribution in [1.29, 1.82) is 0 Å². The van der Waals surface area contributed by atoms with Crippen molar-refractivity contribution >= 4 is 35.6 Å². The topological polar surface area (TPSA) is 252 Å². The van der Waals surface area contributed by atoms with Crippen molar-refractivity contribution in [2.75, 3.05) is 6.54 Å². The number of aliphatic carboxylic acids is 2. The van der Waals surface area contributed by atoms with Crippen LogP contribution in [-0.2, 0) is 24.0 Å². The predicted octanol–water partition coefficient (Wildman–Crippen LogP) is -1.53. The van der Waals surface area contributed by atoms with Crippen LogP contribution in [0.4, 0.5) is 0 Å². The molecule has 14 heteroatoms. The van der Waals surface area contributed by atoms with Gasteiger partial charge in [-0.1, -0.05) is 34.1 Å². The van der Waals surface area contributed by atoms with Gasteiger partial charge in [0.25, 0.3) is 0 Å². The standard InChI is InChI=1S/C22H41N7O7/c1-5-12(4)17(29-18(32)13(23)10-16(30)31)20(34)27-14(7-6-8-26-22(24)25)19(33)28-15(21(35)36)9-11(2)3/h11-15,17H,5-10,23H2,1-4H3,(H,27,34)(H,28,33)(H,29,32)(H,30,31)(H,35,36)(H4,24,25,26)/t12-,13-,14-,15-,17-/m0/s1. The van der Waals surface area contributed by atoms with Crippen LogP contribution in [-0.4, -0.2) is 76.5 Å². The number of hydrogen-bond acceptors (Lipinski definition) is 7. The van der Waals surface area contributed by atoms with E-state index in [1.54, 1.807) is 13.8 Å². The Hall–Kier alpha value is -3.42. The summed E-state index contributed by atoms with van der Waals surface area (Å²) in [6, 6.07) is -4.78. The van der Waals surface area contributed by atoms with Gasteiger partial charge in [-0.3, -0.25) is 24.2 Å². The lowest BCUT2D eigenvalue weighted by molar-refractivity contribution is -0.143. The summed E-state index contributed by atoms with van der Waals surface area (Å²) < 4.78 is 0. The maximum Gasteiger partial charge on any atom is 0.326 e. The molecule has 0 aliphatic heterocycles. The molecule has 0 saturated heterocycles. The first-order chi connectivity index (χ1) is 16.7. The van der Waals surface area contributed by atoms with E-state index in [9.17, 15) is 29.1 Å². The molecule has 0 saturated carbocycles. The van der Waals surface area contributed by atoms with Crippen molar-refractivity contribution in [3.8, 4) is 0 Å². The van der Waals surface area contributed by atoms with Crippen LogP contribution in [0.2, 0.25) is 0 Å². The number of carboxylic acids is 2. The maximum atomic E-state index is 13.1. The smallest absolute Gasteiger partial charge is 0.326 e. The Bertz CT molecular complexity index is 800. The third-order valence-electron chi connectivity index (χ3n) is 5.42. The molecule has 14 nitrogen and oxygen atoms in total. The lowest BCUT2D eigenvalue weighted by Crippen LogP contribution is -2.58. The minimum atomic E-state index is -1.37. The normalized spacial score (nSPS) is 15.1. The number of carbonyl (C=O) groups excluding carboxylic acids is 3. The number of rotatable bonds is 17. The highest BCUT2D eigenvalue weighted by molar-refractivity contribution is 5.94. The van der Waals surface area contributed by atoms with Gasteiger partial charge in [-0.25, -0.2) is 4.79 Å². The molecule has 36 heavy (non-hydrogen) atoms. The van der Waals surface area contributed by atoms with E-state index in [-0.39, 0.29) is 37.2 Å². The molecule has 0 aromatic carbocycles. The monoisotopic (exact) mass is 515 g/mol. The van der Waals surface area contributed by atoms with Gasteiger partial charge in [0.05, 0.1) is 12.5 Å². The van der Waals surface area contributed by atoms with Gasteiger partial charge in [-0.05, 0) is 31.1 Å². The van der Waals surface area contributed by atoms with E-state index in [1.807, 2.05) is 13.8 Å². The van der Waals surface area contributed by atoms with Crippen LogP contribution in [0.3, 0.4) is 0 Å². The Kier molecular flexibility index (Phi) is 14.7. The van der Waals surface area contributed by atoms with Crippen LogP contribution in [0.15, 0.2) is 4.99 Å². The number of aliphatic imine (C=N–C) groups is 1. The van der Waals surface area contributed by atoms with Gasteiger partial charge in [0.2, 0.25) is 17.7 Å². The molecule has 0 radical (unpaired) electrons. The van der Waals surface area contributed by atoms with E-state index >= 15 is 0 Å². The van der Waals surface area contributed by atoms with Gasteiger partial charge in [0.1, 0.15) is 18.1 Å². The second-order valence-corrected chi connectivity index (χ2v) is 9.12. The van der Waals surface area contributed by atoms with Crippen LogP contribution in [0.5, 0.6) is 0 Å².